The second-order valence-electron chi connectivity index (χ2n) is 8.31. The fraction of sp³-hybridized carbons (Fsp3) is 0.650. The molecule has 0 radical (unpaired) electrons. The third kappa shape index (κ3) is 3.41. The Bertz CT molecular complexity index is 775. The molecule has 4 atom stereocenters. The van der Waals surface area contributed by atoms with Crippen molar-refractivity contribution in [2.45, 2.75) is 56.4 Å². The largest absolute Gasteiger partial charge is 0.353 e. The van der Waals surface area contributed by atoms with Gasteiger partial charge in [0.25, 0.3) is 0 Å². The Morgan fingerprint density at radius 2 is 1.88 bits per heavy atom. The zero-order valence-electron chi connectivity index (χ0n) is 15.4. The summed E-state index contributed by atoms with van der Waals surface area (Å²) in [6.45, 7) is 2.73. The number of piperidine rings is 1. The van der Waals surface area contributed by atoms with Gasteiger partial charge in [-0.05, 0) is 63.0 Å². The van der Waals surface area contributed by atoms with Crippen molar-refractivity contribution in [2.24, 2.45) is 17.8 Å². The highest BCUT2D eigenvalue weighted by molar-refractivity contribution is 7.89. The van der Waals surface area contributed by atoms with Crippen LogP contribution >= 0.6 is 0 Å². The highest BCUT2D eigenvalue weighted by Crippen LogP contribution is 2.44. The molecule has 0 unspecified atom stereocenters. The lowest BCUT2D eigenvalue weighted by Gasteiger charge is -2.33. The topological polar surface area (TPSA) is 66.5 Å². The molecular weight excluding hydrogens is 348 g/mol. The molecule has 2 saturated carbocycles. The maximum absolute atomic E-state index is 12.9. The summed E-state index contributed by atoms with van der Waals surface area (Å²) in [7, 11) is -3.53. The Kier molecular flexibility index (Phi) is 4.82. The van der Waals surface area contributed by atoms with Gasteiger partial charge in [0.1, 0.15) is 0 Å². The van der Waals surface area contributed by atoms with Crippen LogP contribution in [0.5, 0.6) is 0 Å². The maximum atomic E-state index is 12.9. The van der Waals surface area contributed by atoms with Crippen molar-refractivity contribution in [3.63, 3.8) is 0 Å². The number of rotatable bonds is 4. The van der Waals surface area contributed by atoms with Gasteiger partial charge in [-0.3, -0.25) is 4.79 Å². The van der Waals surface area contributed by atoms with E-state index in [0.29, 0.717) is 29.9 Å². The van der Waals surface area contributed by atoms with Gasteiger partial charge in [-0.1, -0.05) is 24.1 Å². The highest BCUT2D eigenvalue weighted by Gasteiger charge is 2.41. The molecule has 1 aromatic carbocycles. The number of benzene rings is 1. The van der Waals surface area contributed by atoms with Gasteiger partial charge in [-0.2, -0.15) is 4.31 Å². The number of fused-ring (bicyclic) bond motifs is 2. The normalized spacial score (nSPS) is 31.9. The van der Waals surface area contributed by atoms with E-state index in [0.717, 1.165) is 30.7 Å². The fourth-order valence-corrected chi connectivity index (χ4v) is 6.48. The Hall–Kier alpha value is -1.40. The molecule has 4 rings (SSSR count). The van der Waals surface area contributed by atoms with Crippen molar-refractivity contribution in [2.75, 3.05) is 13.1 Å². The first kappa shape index (κ1) is 18.0. The van der Waals surface area contributed by atoms with E-state index in [1.54, 1.807) is 12.1 Å². The SMILES string of the molecule is Cc1ccc(S(=O)(=O)N2CCC[C@@H](C(=O)N[C@@H]3C[C@@H]4CC[C@@H]3C4)C2)cc1. The molecular formula is C20H28N2O3S. The van der Waals surface area contributed by atoms with E-state index >= 15 is 0 Å². The van der Waals surface area contributed by atoms with Crippen molar-refractivity contribution in [3.05, 3.63) is 29.8 Å². The van der Waals surface area contributed by atoms with Crippen molar-refractivity contribution in [1.82, 2.24) is 9.62 Å². The smallest absolute Gasteiger partial charge is 0.243 e. The number of carbonyl (C=O) groups is 1. The molecule has 1 aromatic rings. The minimum absolute atomic E-state index is 0.0476. The number of sulfonamides is 1. The molecule has 1 aliphatic heterocycles. The number of aryl methyl sites for hydroxylation is 1. The molecule has 1 heterocycles. The molecule has 5 nitrogen and oxygen atoms in total. The summed E-state index contributed by atoms with van der Waals surface area (Å²) < 4.78 is 27.3. The lowest BCUT2D eigenvalue weighted by Crippen LogP contribution is -2.48. The van der Waals surface area contributed by atoms with Crippen LogP contribution in [0.25, 0.3) is 0 Å². The molecule has 3 aliphatic rings. The van der Waals surface area contributed by atoms with Crippen LogP contribution in [0.1, 0.15) is 44.1 Å². The van der Waals surface area contributed by atoms with Gasteiger partial charge in [0.05, 0.1) is 10.8 Å². The van der Waals surface area contributed by atoms with Crippen LogP contribution in [0.3, 0.4) is 0 Å². The van der Waals surface area contributed by atoms with E-state index in [2.05, 4.69) is 5.32 Å². The van der Waals surface area contributed by atoms with E-state index < -0.39 is 10.0 Å². The third-order valence-electron chi connectivity index (χ3n) is 6.48. The summed E-state index contributed by atoms with van der Waals surface area (Å²) in [5, 5.41) is 3.24. The van der Waals surface area contributed by atoms with Crippen LogP contribution < -0.4 is 5.32 Å². The Balaban J connectivity index is 1.42. The first-order chi connectivity index (χ1) is 12.4. The number of hydrogen-bond acceptors (Lipinski definition) is 3. The molecule has 1 N–H and O–H groups in total. The number of nitrogens with one attached hydrogen (secondary N) is 1. The molecule has 1 saturated heterocycles. The van der Waals surface area contributed by atoms with Gasteiger partial charge in [0.15, 0.2) is 0 Å². The van der Waals surface area contributed by atoms with Crippen molar-refractivity contribution < 1.29 is 13.2 Å². The van der Waals surface area contributed by atoms with Gasteiger partial charge >= 0.3 is 0 Å². The zero-order valence-corrected chi connectivity index (χ0v) is 16.2. The lowest BCUT2D eigenvalue weighted by atomic mass is 9.93. The van der Waals surface area contributed by atoms with E-state index in [4.69, 9.17) is 0 Å². The summed E-state index contributed by atoms with van der Waals surface area (Å²) in [5.41, 5.74) is 1.03. The maximum Gasteiger partial charge on any atom is 0.243 e. The Labute approximate surface area is 156 Å². The van der Waals surface area contributed by atoms with Crippen LogP contribution in [-0.4, -0.2) is 37.8 Å². The van der Waals surface area contributed by atoms with Gasteiger partial charge < -0.3 is 5.32 Å². The molecule has 0 aromatic heterocycles. The first-order valence-electron chi connectivity index (χ1n) is 9.80. The zero-order chi connectivity index (χ0) is 18.3. The predicted octanol–water partition coefficient (Wildman–Crippen LogP) is 2.70. The number of amides is 1. The standard InChI is InChI=1S/C20H28N2O3S/c1-14-4-8-18(9-5-14)26(24,25)22-10-2-3-17(13-22)20(23)21-19-12-15-6-7-16(19)11-15/h4-5,8-9,15-17,19H,2-3,6-7,10-13H2,1H3,(H,21,23)/t15-,16-,17-,19-/m1/s1. The van der Waals surface area contributed by atoms with E-state index in [1.165, 1.54) is 23.6 Å². The summed E-state index contributed by atoms with van der Waals surface area (Å²) in [6, 6.07) is 7.25. The van der Waals surface area contributed by atoms with E-state index in [-0.39, 0.29) is 11.8 Å². The Morgan fingerprint density at radius 3 is 2.54 bits per heavy atom. The molecule has 6 heteroatoms. The van der Waals surface area contributed by atoms with Gasteiger partial charge in [-0.25, -0.2) is 8.42 Å². The first-order valence-corrected chi connectivity index (χ1v) is 11.2. The molecule has 2 aliphatic carbocycles. The average Bonchev–Trinajstić information content (AvgIpc) is 3.25. The molecule has 1 amide bonds. The molecule has 0 spiro atoms. The second-order valence-corrected chi connectivity index (χ2v) is 10.2. The van der Waals surface area contributed by atoms with Crippen molar-refractivity contribution in [3.8, 4) is 0 Å². The van der Waals surface area contributed by atoms with Crippen LogP contribution in [0, 0.1) is 24.7 Å². The predicted molar refractivity (Wildman–Crippen MR) is 100 cm³/mol. The fourth-order valence-electron chi connectivity index (χ4n) is 4.96. The van der Waals surface area contributed by atoms with E-state index in [9.17, 15) is 13.2 Å². The van der Waals surface area contributed by atoms with Crippen LogP contribution in [0.15, 0.2) is 29.2 Å². The molecule has 3 fully saturated rings. The summed E-state index contributed by atoms with van der Waals surface area (Å²) in [4.78, 5) is 13.1. The Morgan fingerprint density at radius 1 is 1.12 bits per heavy atom. The van der Waals surface area contributed by atoms with Gasteiger partial charge in [0.2, 0.25) is 15.9 Å². The summed E-state index contributed by atoms with van der Waals surface area (Å²) >= 11 is 0. The molecule has 26 heavy (non-hydrogen) atoms. The quantitative estimate of drug-likeness (QED) is 0.879. The monoisotopic (exact) mass is 376 g/mol. The number of hydrogen-bond donors (Lipinski definition) is 1. The summed E-state index contributed by atoms with van der Waals surface area (Å²) in [6.07, 6.45) is 6.40. The average molecular weight is 377 g/mol. The van der Waals surface area contributed by atoms with Crippen LogP contribution in [-0.2, 0) is 14.8 Å². The van der Waals surface area contributed by atoms with Crippen LogP contribution in [0.2, 0.25) is 0 Å². The van der Waals surface area contributed by atoms with Crippen molar-refractivity contribution >= 4 is 15.9 Å². The number of carbonyl (C=O) groups excluding carboxylic acids is 1. The van der Waals surface area contributed by atoms with Gasteiger partial charge in [0, 0.05) is 19.1 Å². The minimum Gasteiger partial charge on any atom is -0.353 e. The minimum atomic E-state index is -3.53. The van der Waals surface area contributed by atoms with E-state index in [1.807, 2.05) is 19.1 Å². The summed E-state index contributed by atoms with van der Waals surface area (Å²) in [5.74, 6) is 1.24. The number of nitrogens with zero attached hydrogens (tertiary/aromatic N) is 1. The van der Waals surface area contributed by atoms with Gasteiger partial charge in [-0.15, -0.1) is 0 Å². The third-order valence-corrected chi connectivity index (χ3v) is 8.36. The van der Waals surface area contributed by atoms with Crippen molar-refractivity contribution in [1.29, 1.82) is 0 Å². The highest BCUT2D eigenvalue weighted by atomic mass is 32.2. The van der Waals surface area contributed by atoms with Crippen LogP contribution in [0.4, 0.5) is 0 Å². The second kappa shape index (κ2) is 6.97. The molecule has 142 valence electrons. The lowest BCUT2D eigenvalue weighted by molar-refractivity contribution is -0.127. The molecule has 2 bridgehead atoms.